The highest BCUT2D eigenvalue weighted by Gasteiger charge is 2.17. The van der Waals surface area contributed by atoms with E-state index in [4.69, 9.17) is 0 Å². The molecule has 2 aromatic heterocycles. The number of pyridine rings is 1. The Kier molecular flexibility index (Phi) is 5.44. The number of hydrogen-bond donors (Lipinski definition) is 1. The van der Waals surface area contributed by atoms with Gasteiger partial charge in [0, 0.05) is 11.9 Å². The summed E-state index contributed by atoms with van der Waals surface area (Å²) in [6.07, 6.45) is 1.45. The second-order valence-electron chi connectivity index (χ2n) is 7.12. The summed E-state index contributed by atoms with van der Waals surface area (Å²) in [6, 6.07) is 16.0. The molecule has 4 rings (SSSR count). The first-order chi connectivity index (χ1) is 14.9. The maximum Gasteiger partial charge on any atom is 0.332 e. The molecule has 0 saturated heterocycles. The first-order valence-electron chi connectivity index (χ1n) is 9.62. The van der Waals surface area contributed by atoms with E-state index in [1.54, 1.807) is 24.3 Å². The molecule has 8 heteroatoms. The van der Waals surface area contributed by atoms with Crippen molar-refractivity contribution in [2.45, 2.75) is 20.0 Å². The zero-order valence-corrected chi connectivity index (χ0v) is 16.7. The van der Waals surface area contributed by atoms with E-state index in [9.17, 15) is 18.8 Å². The molecule has 0 aliphatic rings. The Balaban J connectivity index is 1.76. The van der Waals surface area contributed by atoms with Gasteiger partial charge in [0.1, 0.15) is 12.4 Å². The predicted octanol–water partition coefficient (Wildman–Crippen LogP) is 2.69. The molecular weight excluding hydrogens is 399 g/mol. The summed E-state index contributed by atoms with van der Waals surface area (Å²) in [5, 5.41) is 2.79. The number of carbonyl (C=O) groups is 1. The van der Waals surface area contributed by atoms with Crippen molar-refractivity contribution in [1.29, 1.82) is 0 Å². The first-order valence-corrected chi connectivity index (χ1v) is 9.62. The summed E-state index contributed by atoms with van der Waals surface area (Å²) in [5.41, 5.74) is 1.24. The Morgan fingerprint density at radius 2 is 1.74 bits per heavy atom. The molecule has 0 fully saturated rings. The van der Waals surface area contributed by atoms with Crippen LogP contribution in [-0.4, -0.2) is 20.0 Å². The number of carbonyl (C=O) groups excluding carboxylic acids is 1. The van der Waals surface area contributed by atoms with Crippen molar-refractivity contribution >= 4 is 22.6 Å². The van der Waals surface area contributed by atoms with Gasteiger partial charge in [-0.2, -0.15) is 0 Å². The lowest BCUT2D eigenvalue weighted by molar-refractivity contribution is -0.116. The van der Waals surface area contributed by atoms with Crippen LogP contribution < -0.4 is 16.6 Å². The van der Waals surface area contributed by atoms with Crippen molar-refractivity contribution in [3.63, 3.8) is 0 Å². The van der Waals surface area contributed by atoms with Crippen molar-refractivity contribution < 1.29 is 9.18 Å². The van der Waals surface area contributed by atoms with Gasteiger partial charge in [0.05, 0.1) is 12.1 Å². The number of fused-ring (bicyclic) bond motifs is 1. The minimum Gasteiger partial charge on any atom is -0.324 e. The van der Waals surface area contributed by atoms with E-state index >= 15 is 0 Å². The molecule has 0 aliphatic heterocycles. The molecule has 31 heavy (non-hydrogen) atoms. The van der Waals surface area contributed by atoms with Crippen LogP contribution in [0.25, 0.3) is 11.0 Å². The fraction of sp³-hybridized carbons (Fsp3) is 0.130. The van der Waals surface area contributed by atoms with Crippen molar-refractivity contribution in [2.75, 3.05) is 5.32 Å². The highest BCUT2D eigenvalue weighted by Crippen LogP contribution is 2.13. The number of hydrogen-bond acceptors (Lipinski definition) is 4. The first kappa shape index (κ1) is 20.2. The lowest BCUT2D eigenvalue weighted by Gasteiger charge is -2.14. The van der Waals surface area contributed by atoms with Crippen molar-refractivity contribution in [2.24, 2.45) is 0 Å². The van der Waals surface area contributed by atoms with Crippen molar-refractivity contribution in [3.05, 3.63) is 105 Å². The minimum atomic E-state index is -0.644. The van der Waals surface area contributed by atoms with Crippen LogP contribution in [0.4, 0.5) is 10.1 Å². The summed E-state index contributed by atoms with van der Waals surface area (Å²) in [6.45, 7) is 1.51. The SMILES string of the molecule is Cc1ccccc1NC(=O)Cn1c(=O)n(Cc2ccc(F)cc2)c(=O)c2ncccc21. The molecule has 1 amide bonds. The van der Waals surface area contributed by atoms with Gasteiger partial charge in [0.15, 0.2) is 5.52 Å². The Morgan fingerprint density at radius 1 is 1.00 bits per heavy atom. The van der Waals surface area contributed by atoms with Gasteiger partial charge in [-0.15, -0.1) is 0 Å². The third kappa shape index (κ3) is 4.13. The fourth-order valence-electron chi connectivity index (χ4n) is 3.35. The molecular formula is C23H19FN4O3. The number of amides is 1. The van der Waals surface area contributed by atoms with Gasteiger partial charge in [-0.05, 0) is 48.4 Å². The van der Waals surface area contributed by atoms with Crippen LogP contribution in [-0.2, 0) is 17.9 Å². The van der Waals surface area contributed by atoms with E-state index in [1.807, 2.05) is 19.1 Å². The average molecular weight is 418 g/mol. The zero-order valence-electron chi connectivity index (χ0n) is 16.7. The molecule has 0 aliphatic carbocycles. The van der Waals surface area contributed by atoms with Crippen LogP contribution in [0.2, 0.25) is 0 Å². The number of benzene rings is 2. The zero-order chi connectivity index (χ0) is 22.0. The van der Waals surface area contributed by atoms with Crippen LogP contribution in [0.1, 0.15) is 11.1 Å². The van der Waals surface area contributed by atoms with Crippen LogP contribution in [0.3, 0.4) is 0 Å². The fourth-order valence-corrected chi connectivity index (χ4v) is 3.35. The molecule has 1 N–H and O–H groups in total. The number of rotatable bonds is 5. The molecule has 0 atom stereocenters. The van der Waals surface area contributed by atoms with Crippen LogP contribution in [0, 0.1) is 12.7 Å². The van der Waals surface area contributed by atoms with Gasteiger partial charge in [-0.25, -0.2) is 14.2 Å². The van der Waals surface area contributed by atoms with Crippen LogP contribution in [0.15, 0.2) is 76.4 Å². The second kappa shape index (κ2) is 8.35. The summed E-state index contributed by atoms with van der Waals surface area (Å²) in [7, 11) is 0. The molecule has 0 bridgehead atoms. The lowest BCUT2D eigenvalue weighted by Crippen LogP contribution is -2.42. The largest absolute Gasteiger partial charge is 0.332 e. The third-order valence-electron chi connectivity index (χ3n) is 4.96. The second-order valence-corrected chi connectivity index (χ2v) is 7.12. The monoisotopic (exact) mass is 418 g/mol. The molecule has 0 spiro atoms. The summed E-state index contributed by atoms with van der Waals surface area (Å²) >= 11 is 0. The number of nitrogens with one attached hydrogen (secondary N) is 1. The number of para-hydroxylation sites is 1. The summed E-state index contributed by atoms with van der Waals surface area (Å²) in [4.78, 5) is 42.9. The van der Waals surface area contributed by atoms with Crippen LogP contribution in [0.5, 0.6) is 0 Å². The molecule has 2 heterocycles. The smallest absolute Gasteiger partial charge is 0.324 e. The van der Waals surface area contributed by atoms with Gasteiger partial charge in [-0.1, -0.05) is 30.3 Å². The highest BCUT2D eigenvalue weighted by molar-refractivity contribution is 5.92. The standard InChI is InChI=1S/C23H19FN4O3/c1-15-5-2-3-6-18(15)26-20(29)14-27-19-7-4-12-25-21(19)22(30)28(23(27)31)13-16-8-10-17(24)11-9-16/h2-12H,13-14H2,1H3,(H,26,29). The minimum absolute atomic E-state index is 0.0656. The maximum atomic E-state index is 13.2. The Bertz CT molecular complexity index is 1390. The molecule has 0 saturated carbocycles. The Labute approximate surface area is 176 Å². The van der Waals surface area contributed by atoms with Gasteiger partial charge in [0.2, 0.25) is 5.91 Å². The third-order valence-corrected chi connectivity index (χ3v) is 4.96. The van der Waals surface area contributed by atoms with Gasteiger partial charge >= 0.3 is 5.69 Å². The summed E-state index contributed by atoms with van der Waals surface area (Å²) < 4.78 is 15.4. The number of nitrogens with zero attached hydrogens (tertiary/aromatic N) is 3. The number of aromatic nitrogens is 3. The topological polar surface area (TPSA) is 86.0 Å². The Hall–Kier alpha value is -4.07. The highest BCUT2D eigenvalue weighted by atomic mass is 19.1. The van der Waals surface area contributed by atoms with Gasteiger partial charge in [0.25, 0.3) is 5.56 Å². The Morgan fingerprint density at radius 3 is 2.48 bits per heavy atom. The predicted molar refractivity (Wildman–Crippen MR) is 116 cm³/mol. The number of anilines is 1. The van der Waals surface area contributed by atoms with Crippen molar-refractivity contribution in [1.82, 2.24) is 14.1 Å². The molecule has 0 radical (unpaired) electrons. The number of halogens is 1. The van der Waals surface area contributed by atoms with E-state index in [0.29, 0.717) is 11.3 Å². The molecule has 7 nitrogen and oxygen atoms in total. The van der Waals surface area contributed by atoms with Crippen LogP contribution >= 0.6 is 0 Å². The van der Waals surface area contributed by atoms with E-state index in [2.05, 4.69) is 10.3 Å². The van der Waals surface area contributed by atoms with Gasteiger partial charge in [-0.3, -0.25) is 18.7 Å². The number of aryl methyl sites for hydroxylation is 1. The quantitative estimate of drug-likeness (QED) is 0.540. The van der Waals surface area contributed by atoms with E-state index in [0.717, 1.165) is 10.1 Å². The molecule has 4 aromatic rings. The maximum absolute atomic E-state index is 13.2. The van der Waals surface area contributed by atoms with E-state index in [1.165, 1.54) is 35.0 Å². The lowest BCUT2D eigenvalue weighted by atomic mass is 10.2. The summed E-state index contributed by atoms with van der Waals surface area (Å²) in [5.74, 6) is -0.824. The molecule has 0 unspecified atom stereocenters. The molecule has 2 aromatic carbocycles. The van der Waals surface area contributed by atoms with E-state index < -0.39 is 23.0 Å². The average Bonchev–Trinajstić information content (AvgIpc) is 2.77. The van der Waals surface area contributed by atoms with E-state index in [-0.39, 0.29) is 24.1 Å². The van der Waals surface area contributed by atoms with Gasteiger partial charge < -0.3 is 5.32 Å². The van der Waals surface area contributed by atoms with Crippen molar-refractivity contribution in [3.8, 4) is 0 Å². The normalized spacial score (nSPS) is 10.9. The molecule has 156 valence electrons.